The minimum atomic E-state index is 0.234. The van der Waals surface area contributed by atoms with E-state index < -0.39 is 0 Å². The lowest BCUT2D eigenvalue weighted by Gasteiger charge is -2.05. The Labute approximate surface area is 98.3 Å². The minimum Gasteiger partial charge on any atom is -0.508 e. The second-order valence-corrected chi connectivity index (χ2v) is 3.91. The molecule has 0 saturated carbocycles. The van der Waals surface area contributed by atoms with Crippen LogP contribution < -0.4 is 4.74 Å². The fraction of sp³-hybridized carbons (Fsp3) is 0.0714. The number of rotatable bonds is 1. The summed E-state index contributed by atoms with van der Waals surface area (Å²) in [6, 6.07) is 11.1. The number of aromatic hydroxyl groups is 1. The van der Waals surface area contributed by atoms with Gasteiger partial charge in [0.05, 0.1) is 12.6 Å². The van der Waals surface area contributed by atoms with Crippen LogP contribution in [0.4, 0.5) is 0 Å². The van der Waals surface area contributed by atoms with Crippen LogP contribution in [0.5, 0.6) is 11.5 Å². The first-order valence-corrected chi connectivity index (χ1v) is 5.33. The standard InChI is InChI=1S/C14H11NO2/c1-17-11-3-5-12-9(6-11)8-15-14-7-10(16)2-4-13(12)14/h2-8,16H,1H3. The Balaban J connectivity index is 2.40. The SMILES string of the molecule is COc1ccc2c(cnc3cc(O)ccc32)c1. The Hall–Kier alpha value is -2.29. The van der Waals surface area contributed by atoms with Crippen molar-refractivity contribution in [2.24, 2.45) is 0 Å². The van der Waals surface area contributed by atoms with Gasteiger partial charge in [0, 0.05) is 23.0 Å². The lowest BCUT2D eigenvalue weighted by Crippen LogP contribution is -1.85. The molecule has 0 bridgehead atoms. The lowest BCUT2D eigenvalue weighted by molar-refractivity contribution is 0.415. The molecule has 0 spiro atoms. The summed E-state index contributed by atoms with van der Waals surface area (Å²) in [6.45, 7) is 0. The number of benzene rings is 2. The number of nitrogens with zero attached hydrogens (tertiary/aromatic N) is 1. The molecule has 0 aliphatic rings. The topological polar surface area (TPSA) is 42.4 Å². The Morgan fingerprint density at radius 1 is 1.06 bits per heavy atom. The van der Waals surface area contributed by atoms with Crippen molar-refractivity contribution in [3.05, 3.63) is 42.6 Å². The zero-order valence-electron chi connectivity index (χ0n) is 9.34. The smallest absolute Gasteiger partial charge is 0.119 e. The van der Waals surface area contributed by atoms with Crippen LogP contribution >= 0.6 is 0 Å². The molecule has 0 saturated heterocycles. The average molecular weight is 225 g/mol. The number of phenolic OH excluding ortho intramolecular Hbond substituents is 1. The van der Waals surface area contributed by atoms with Crippen LogP contribution in [0.2, 0.25) is 0 Å². The molecule has 3 rings (SSSR count). The second-order valence-electron chi connectivity index (χ2n) is 3.91. The predicted octanol–water partition coefficient (Wildman–Crippen LogP) is 3.10. The van der Waals surface area contributed by atoms with Gasteiger partial charge in [-0.25, -0.2) is 0 Å². The van der Waals surface area contributed by atoms with E-state index in [-0.39, 0.29) is 5.75 Å². The number of methoxy groups -OCH3 is 1. The van der Waals surface area contributed by atoms with Crippen molar-refractivity contribution in [2.75, 3.05) is 7.11 Å². The third-order valence-electron chi connectivity index (χ3n) is 2.87. The van der Waals surface area contributed by atoms with Gasteiger partial charge in [-0.15, -0.1) is 0 Å². The van der Waals surface area contributed by atoms with Crippen molar-refractivity contribution in [2.45, 2.75) is 0 Å². The van der Waals surface area contributed by atoms with Crippen LogP contribution in [0.15, 0.2) is 42.6 Å². The Bertz CT molecular complexity index is 707. The molecule has 1 heterocycles. The van der Waals surface area contributed by atoms with Gasteiger partial charge in [-0.2, -0.15) is 0 Å². The molecular weight excluding hydrogens is 214 g/mol. The van der Waals surface area contributed by atoms with Gasteiger partial charge in [0.25, 0.3) is 0 Å². The highest BCUT2D eigenvalue weighted by atomic mass is 16.5. The number of aromatic nitrogens is 1. The van der Waals surface area contributed by atoms with Gasteiger partial charge in [-0.05, 0) is 35.7 Å². The van der Waals surface area contributed by atoms with E-state index in [9.17, 15) is 5.11 Å². The maximum Gasteiger partial charge on any atom is 0.119 e. The van der Waals surface area contributed by atoms with E-state index in [0.29, 0.717) is 0 Å². The normalized spacial score (nSPS) is 10.9. The van der Waals surface area contributed by atoms with Gasteiger partial charge in [0.2, 0.25) is 0 Å². The molecule has 0 unspecified atom stereocenters. The van der Waals surface area contributed by atoms with E-state index in [1.165, 1.54) is 0 Å². The van der Waals surface area contributed by atoms with E-state index in [0.717, 1.165) is 27.4 Å². The van der Waals surface area contributed by atoms with Gasteiger partial charge in [0.15, 0.2) is 0 Å². The Morgan fingerprint density at radius 3 is 2.71 bits per heavy atom. The fourth-order valence-electron chi connectivity index (χ4n) is 2.01. The minimum absolute atomic E-state index is 0.234. The summed E-state index contributed by atoms with van der Waals surface area (Å²) in [7, 11) is 1.65. The van der Waals surface area contributed by atoms with E-state index in [1.54, 1.807) is 25.4 Å². The molecular formula is C14H11NO2. The molecule has 3 aromatic rings. The van der Waals surface area contributed by atoms with Crippen LogP contribution in [-0.4, -0.2) is 17.2 Å². The molecule has 3 nitrogen and oxygen atoms in total. The van der Waals surface area contributed by atoms with E-state index in [4.69, 9.17) is 4.74 Å². The number of phenols is 1. The molecule has 2 aromatic carbocycles. The van der Waals surface area contributed by atoms with E-state index in [1.807, 2.05) is 24.3 Å². The number of hydrogen-bond acceptors (Lipinski definition) is 3. The highest BCUT2D eigenvalue weighted by molar-refractivity contribution is 6.05. The number of pyridine rings is 1. The summed E-state index contributed by atoms with van der Waals surface area (Å²) in [6.07, 6.45) is 1.79. The summed E-state index contributed by atoms with van der Waals surface area (Å²) in [4.78, 5) is 4.33. The van der Waals surface area contributed by atoms with Gasteiger partial charge in [-0.3, -0.25) is 4.98 Å². The molecule has 17 heavy (non-hydrogen) atoms. The van der Waals surface area contributed by atoms with Crippen LogP contribution in [-0.2, 0) is 0 Å². The molecule has 84 valence electrons. The summed E-state index contributed by atoms with van der Waals surface area (Å²) in [5.74, 6) is 1.05. The first-order chi connectivity index (χ1) is 8.28. The molecule has 0 aliphatic carbocycles. The van der Waals surface area contributed by atoms with Crippen LogP contribution in [0.1, 0.15) is 0 Å². The maximum atomic E-state index is 9.42. The van der Waals surface area contributed by atoms with Gasteiger partial charge in [-0.1, -0.05) is 0 Å². The average Bonchev–Trinajstić information content (AvgIpc) is 2.37. The van der Waals surface area contributed by atoms with Crippen LogP contribution in [0.25, 0.3) is 21.7 Å². The van der Waals surface area contributed by atoms with Crippen molar-refractivity contribution in [3.8, 4) is 11.5 Å². The third-order valence-corrected chi connectivity index (χ3v) is 2.87. The summed E-state index contributed by atoms with van der Waals surface area (Å²) < 4.78 is 5.19. The summed E-state index contributed by atoms with van der Waals surface area (Å²) in [5, 5.41) is 12.6. The first kappa shape index (κ1) is 9.90. The van der Waals surface area contributed by atoms with Crippen molar-refractivity contribution < 1.29 is 9.84 Å². The van der Waals surface area contributed by atoms with Gasteiger partial charge < -0.3 is 9.84 Å². The molecule has 0 radical (unpaired) electrons. The summed E-state index contributed by atoms with van der Waals surface area (Å²) in [5.41, 5.74) is 0.794. The van der Waals surface area contributed by atoms with E-state index in [2.05, 4.69) is 4.98 Å². The maximum absolute atomic E-state index is 9.42. The van der Waals surface area contributed by atoms with Crippen LogP contribution in [0, 0.1) is 0 Å². The van der Waals surface area contributed by atoms with Crippen molar-refractivity contribution >= 4 is 21.7 Å². The fourth-order valence-corrected chi connectivity index (χ4v) is 2.01. The predicted molar refractivity (Wildman–Crippen MR) is 67.5 cm³/mol. The molecule has 1 N–H and O–H groups in total. The van der Waals surface area contributed by atoms with Crippen LogP contribution in [0.3, 0.4) is 0 Å². The highest BCUT2D eigenvalue weighted by Crippen LogP contribution is 2.28. The quantitative estimate of drug-likeness (QED) is 0.647. The summed E-state index contributed by atoms with van der Waals surface area (Å²) >= 11 is 0. The third kappa shape index (κ3) is 1.56. The largest absolute Gasteiger partial charge is 0.508 e. The lowest BCUT2D eigenvalue weighted by atomic mass is 10.1. The molecule has 1 aromatic heterocycles. The zero-order chi connectivity index (χ0) is 11.8. The van der Waals surface area contributed by atoms with Gasteiger partial charge in [0.1, 0.15) is 11.5 Å². The number of fused-ring (bicyclic) bond motifs is 3. The zero-order valence-corrected chi connectivity index (χ0v) is 9.34. The highest BCUT2D eigenvalue weighted by Gasteiger charge is 2.03. The number of ether oxygens (including phenoxy) is 1. The molecule has 0 fully saturated rings. The Kier molecular flexibility index (Phi) is 2.11. The Morgan fingerprint density at radius 2 is 1.88 bits per heavy atom. The van der Waals surface area contributed by atoms with Gasteiger partial charge >= 0.3 is 0 Å². The van der Waals surface area contributed by atoms with Crippen molar-refractivity contribution in [1.29, 1.82) is 0 Å². The van der Waals surface area contributed by atoms with Crippen molar-refractivity contribution in [1.82, 2.24) is 4.98 Å². The molecule has 0 aliphatic heterocycles. The monoisotopic (exact) mass is 225 g/mol. The number of hydrogen-bond donors (Lipinski definition) is 1. The molecule has 0 amide bonds. The van der Waals surface area contributed by atoms with E-state index >= 15 is 0 Å². The molecule has 0 atom stereocenters. The second kappa shape index (κ2) is 3.63. The first-order valence-electron chi connectivity index (χ1n) is 5.33. The molecule has 3 heteroatoms. The van der Waals surface area contributed by atoms with Crippen molar-refractivity contribution in [3.63, 3.8) is 0 Å².